The number of para-hydroxylation sites is 1. The van der Waals surface area contributed by atoms with Gasteiger partial charge in [0.05, 0.1) is 33.5 Å². The highest BCUT2D eigenvalue weighted by Gasteiger charge is 2.45. The van der Waals surface area contributed by atoms with Crippen molar-refractivity contribution in [1.29, 1.82) is 0 Å². The summed E-state index contributed by atoms with van der Waals surface area (Å²) in [7, 11) is 4.57. The van der Waals surface area contributed by atoms with Gasteiger partial charge in [0.25, 0.3) is 5.91 Å². The van der Waals surface area contributed by atoms with E-state index >= 15 is 0 Å². The van der Waals surface area contributed by atoms with Crippen LogP contribution in [0.1, 0.15) is 47.3 Å². The smallest absolute Gasteiger partial charge is 0.313 e. The molecule has 166 valence electrons. The second-order valence-electron chi connectivity index (χ2n) is 7.01. The molecule has 0 fully saturated rings. The number of carboxylic acids is 1. The fourth-order valence-electron chi connectivity index (χ4n) is 4.07. The first-order valence-corrected chi connectivity index (χ1v) is 10.0. The zero-order valence-electron chi connectivity index (χ0n) is 18.3. The Labute approximate surface area is 181 Å². The molecule has 31 heavy (non-hydrogen) atoms. The fraction of sp³-hybridized carbons (Fsp3) is 0.391. The van der Waals surface area contributed by atoms with Gasteiger partial charge in [-0.3, -0.25) is 9.59 Å². The zero-order chi connectivity index (χ0) is 22.7. The third kappa shape index (κ3) is 3.85. The Hall–Kier alpha value is -3.42. The Balaban J connectivity index is 2.26. The van der Waals surface area contributed by atoms with Crippen molar-refractivity contribution in [2.45, 2.75) is 25.8 Å². The molecule has 0 aliphatic carbocycles. The molecule has 0 radical (unpaired) electrons. The Morgan fingerprint density at radius 3 is 2.19 bits per heavy atom. The molecule has 0 bridgehead atoms. The van der Waals surface area contributed by atoms with Crippen molar-refractivity contribution in [1.82, 2.24) is 4.90 Å². The fourth-order valence-corrected chi connectivity index (χ4v) is 4.07. The van der Waals surface area contributed by atoms with Crippen molar-refractivity contribution in [2.75, 3.05) is 34.5 Å². The van der Waals surface area contributed by atoms with Gasteiger partial charge in [-0.1, -0.05) is 12.1 Å². The minimum atomic E-state index is -1.07. The Morgan fingerprint density at radius 1 is 1.00 bits per heavy atom. The highest BCUT2D eigenvalue weighted by molar-refractivity contribution is 6.01. The number of methoxy groups -OCH3 is 2. The number of ether oxygens (including phenoxy) is 4. The van der Waals surface area contributed by atoms with Crippen LogP contribution in [0, 0.1) is 0 Å². The number of nitrogens with zero attached hydrogens (tertiary/aromatic N) is 1. The summed E-state index contributed by atoms with van der Waals surface area (Å²) in [5, 5.41) is 10.2. The summed E-state index contributed by atoms with van der Waals surface area (Å²) in [4.78, 5) is 27.2. The van der Waals surface area contributed by atoms with Crippen molar-refractivity contribution in [3.8, 4) is 23.0 Å². The van der Waals surface area contributed by atoms with E-state index in [9.17, 15) is 14.7 Å². The van der Waals surface area contributed by atoms with Crippen LogP contribution in [0.15, 0.2) is 30.3 Å². The van der Waals surface area contributed by atoms with Gasteiger partial charge >= 0.3 is 5.97 Å². The summed E-state index contributed by atoms with van der Waals surface area (Å²) in [6, 6.07) is 7.57. The molecule has 2 aromatic rings. The number of fused-ring (bicyclic) bond motifs is 1. The van der Waals surface area contributed by atoms with Gasteiger partial charge in [0.15, 0.2) is 23.0 Å². The van der Waals surface area contributed by atoms with Crippen LogP contribution in [0.4, 0.5) is 0 Å². The molecule has 1 aliphatic heterocycles. The first-order chi connectivity index (χ1) is 14.9. The maximum absolute atomic E-state index is 13.3. The van der Waals surface area contributed by atoms with Gasteiger partial charge < -0.3 is 29.0 Å². The van der Waals surface area contributed by atoms with Crippen LogP contribution in [-0.4, -0.2) is 56.4 Å². The lowest BCUT2D eigenvalue weighted by Crippen LogP contribution is -2.42. The Morgan fingerprint density at radius 2 is 1.65 bits per heavy atom. The average Bonchev–Trinajstić information content (AvgIpc) is 2.76. The van der Waals surface area contributed by atoms with Crippen molar-refractivity contribution in [3.05, 3.63) is 47.0 Å². The molecular weight excluding hydrogens is 402 g/mol. The van der Waals surface area contributed by atoms with E-state index in [1.807, 2.05) is 13.8 Å². The maximum Gasteiger partial charge on any atom is 0.313 e. The lowest BCUT2D eigenvalue weighted by molar-refractivity contribution is -0.140. The summed E-state index contributed by atoms with van der Waals surface area (Å²) >= 11 is 0. The summed E-state index contributed by atoms with van der Waals surface area (Å²) < 4.78 is 22.2. The van der Waals surface area contributed by atoms with Crippen LogP contribution in [0.3, 0.4) is 0 Å². The third-order valence-corrected chi connectivity index (χ3v) is 5.35. The molecule has 0 spiro atoms. The topological polar surface area (TPSA) is 94.5 Å². The molecule has 1 aliphatic rings. The zero-order valence-corrected chi connectivity index (χ0v) is 18.3. The van der Waals surface area contributed by atoms with Crippen molar-refractivity contribution < 1.29 is 33.6 Å². The molecule has 1 amide bonds. The number of carboxylic acid groups (broad SMARTS) is 1. The van der Waals surface area contributed by atoms with E-state index in [2.05, 4.69) is 0 Å². The van der Waals surface area contributed by atoms with E-state index < -0.39 is 17.9 Å². The highest BCUT2D eigenvalue weighted by Crippen LogP contribution is 2.49. The SMILES string of the molecule is CCOc1cc2c(cc1OCC)[C@@H](C(=O)O)[C@@H](c1cccc(OC)c1OC)N(C)C2=O. The molecule has 0 unspecified atom stereocenters. The van der Waals surface area contributed by atoms with E-state index in [1.165, 1.54) is 19.1 Å². The monoisotopic (exact) mass is 429 g/mol. The van der Waals surface area contributed by atoms with Crippen LogP contribution < -0.4 is 18.9 Å². The second kappa shape index (κ2) is 9.16. The minimum Gasteiger partial charge on any atom is -0.493 e. The normalized spacial score (nSPS) is 17.7. The molecular formula is C23H27NO7. The van der Waals surface area contributed by atoms with Crippen molar-refractivity contribution >= 4 is 11.9 Å². The lowest BCUT2D eigenvalue weighted by Gasteiger charge is -2.39. The first kappa shape index (κ1) is 22.3. The molecule has 0 saturated carbocycles. The molecule has 2 atom stereocenters. The van der Waals surface area contributed by atoms with E-state index in [1.54, 1.807) is 37.4 Å². The van der Waals surface area contributed by atoms with E-state index in [-0.39, 0.29) is 11.5 Å². The predicted molar refractivity (Wildman–Crippen MR) is 114 cm³/mol. The predicted octanol–water partition coefficient (Wildman–Crippen LogP) is 3.50. The molecule has 8 heteroatoms. The van der Waals surface area contributed by atoms with Crippen LogP contribution in [-0.2, 0) is 4.79 Å². The first-order valence-electron chi connectivity index (χ1n) is 10.0. The van der Waals surface area contributed by atoms with Gasteiger partial charge in [-0.2, -0.15) is 0 Å². The molecule has 0 saturated heterocycles. The third-order valence-electron chi connectivity index (χ3n) is 5.35. The number of hydrogen-bond donors (Lipinski definition) is 1. The van der Waals surface area contributed by atoms with Crippen LogP contribution in [0.2, 0.25) is 0 Å². The number of amides is 1. The van der Waals surface area contributed by atoms with Gasteiger partial charge in [0, 0.05) is 18.2 Å². The molecule has 1 heterocycles. The van der Waals surface area contributed by atoms with Gasteiger partial charge in [-0.25, -0.2) is 0 Å². The quantitative estimate of drug-likeness (QED) is 0.686. The Kier molecular flexibility index (Phi) is 6.58. The van der Waals surface area contributed by atoms with Gasteiger partial charge in [0.1, 0.15) is 5.92 Å². The van der Waals surface area contributed by atoms with Crippen molar-refractivity contribution in [3.63, 3.8) is 0 Å². The molecule has 0 aromatic heterocycles. The lowest BCUT2D eigenvalue weighted by atomic mass is 9.79. The van der Waals surface area contributed by atoms with E-state index in [4.69, 9.17) is 18.9 Å². The summed E-state index contributed by atoms with van der Waals surface area (Å²) in [5.41, 5.74) is 1.19. The summed E-state index contributed by atoms with van der Waals surface area (Å²) in [5.74, 6) is -0.769. The van der Waals surface area contributed by atoms with Gasteiger partial charge in [0.2, 0.25) is 0 Å². The number of rotatable bonds is 8. The van der Waals surface area contributed by atoms with Crippen LogP contribution in [0.5, 0.6) is 23.0 Å². The van der Waals surface area contributed by atoms with E-state index in [0.29, 0.717) is 47.3 Å². The average molecular weight is 429 g/mol. The van der Waals surface area contributed by atoms with Gasteiger partial charge in [-0.05, 0) is 37.6 Å². The Bertz CT molecular complexity index is 988. The molecule has 8 nitrogen and oxygen atoms in total. The number of benzene rings is 2. The number of likely N-dealkylation sites (N-methyl/N-ethyl adjacent to an activating group) is 1. The number of aliphatic carboxylic acids is 1. The van der Waals surface area contributed by atoms with Crippen LogP contribution >= 0.6 is 0 Å². The second-order valence-corrected chi connectivity index (χ2v) is 7.01. The summed E-state index contributed by atoms with van der Waals surface area (Å²) in [6.45, 7) is 4.41. The molecule has 2 aromatic carbocycles. The largest absolute Gasteiger partial charge is 0.493 e. The van der Waals surface area contributed by atoms with Crippen molar-refractivity contribution in [2.24, 2.45) is 0 Å². The summed E-state index contributed by atoms with van der Waals surface area (Å²) in [6.07, 6.45) is 0. The minimum absolute atomic E-state index is 0.278. The highest BCUT2D eigenvalue weighted by atomic mass is 16.5. The number of hydrogen-bond acceptors (Lipinski definition) is 6. The van der Waals surface area contributed by atoms with E-state index in [0.717, 1.165) is 0 Å². The maximum atomic E-state index is 13.3. The molecule has 3 rings (SSSR count). The number of carbonyl (C=O) groups is 2. The van der Waals surface area contributed by atoms with Crippen LogP contribution in [0.25, 0.3) is 0 Å². The number of carbonyl (C=O) groups excluding carboxylic acids is 1. The standard InChI is InChI=1S/C23H27NO7/c1-6-30-17-11-14-15(12-18(17)31-7-2)22(25)24(3)20(19(14)23(26)27)13-9-8-10-16(28-4)21(13)29-5/h8-12,19-20H,6-7H2,1-5H3,(H,26,27)/t19-,20-/m1/s1. The molecule has 1 N–H and O–H groups in total. The van der Waals surface area contributed by atoms with Gasteiger partial charge in [-0.15, -0.1) is 0 Å².